The van der Waals surface area contributed by atoms with E-state index in [1.165, 1.54) is 0 Å². The topological polar surface area (TPSA) is 77.4 Å². The fourth-order valence-electron chi connectivity index (χ4n) is 4.79. The minimum Gasteiger partial charge on any atom is -0.497 e. The standard InChI is InChI=1S/C31H26N4O3/c1-20-28(30(36)33-22-14-18-25(19-15-22)38-24-8-4-3-5-9-24)29(21-12-16-23(37-2)17-13-21)35-27-11-7-6-10-26(27)34-31(35)32-20/h3-19,29H,1-2H3,(H,32,34)(H,33,36). The highest BCUT2D eigenvalue weighted by atomic mass is 16.5. The Labute approximate surface area is 220 Å². The number of anilines is 2. The molecule has 6 rings (SSSR count). The fourth-order valence-corrected chi connectivity index (χ4v) is 4.79. The van der Waals surface area contributed by atoms with Crippen molar-refractivity contribution in [2.24, 2.45) is 0 Å². The van der Waals surface area contributed by atoms with Crippen molar-refractivity contribution < 1.29 is 14.3 Å². The summed E-state index contributed by atoms with van der Waals surface area (Å²) in [4.78, 5) is 18.6. The molecule has 2 heterocycles. The van der Waals surface area contributed by atoms with E-state index in [1.54, 1.807) is 7.11 Å². The van der Waals surface area contributed by atoms with Gasteiger partial charge in [0.2, 0.25) is 5.95 Å². The third kappa shape index (κ3) is 4.35. The highest BCUT2D eigenvalue weighted by molar-refractivity contribution is 6.06. The van der Waals surface area contributed by atoms with Crippen LogP contribution in [0.2, 0.25) is 0 Å². The van der Waals surface area contributed by atoms with E-state index in [1.807, 2.05) is 110 Å². The first-order chi connectivity index (χ1) is 18.6. The fraction of sp³-hybridized carbons (Fsp3) is 0.0968. The van der Waals surface area contributed by atoms with Gasteiger partial charge in [0.05, 0.1) is 29.8 Å². The van der Waals surface area contributed by atoms with Gasteiger partial charge < -0.3 is 20.1 Å². The maximum absolute atomic E-state index is 13.8. The minimum atomic E-state index is -0.384. The monoisotopic (exact) mass is 502 g/mol. The maximum atomic E-state index is 13.8. The number of rotatable bonds is 6. The van der Waals surface area contributed by atoms with Crippen LogP contribution in [0.4, 0.5) is 11.6 Å². The molecule has 0 saturated carbocycles. The Morgan fingerprint density at radius 3 is 2.24 bits per heavy atom. The number of hydrogen-bond donors (Lipinski definition) is 2. The van der Waals surface area contributed by atoms with Crippen LogP contribution in [-0.2, 0) is 4.79 Å². The van der Waals surface area contributed by atoms with Crippen LogP contribution in [0.5, 0.6) is 17.2 Å². The summed E-state index contributed by atoms with van der Waals surface area (Å²) in [7, 11) is 1.64. The number of benzene rings is 4. The van der Waals surface area contributed by atoms with Crippen LogP contribution >= 0.6 is 0 Å². The Bertz CT molecular complexity index is 1640. The summed E-state index contributed by atoms with van der Waals surface area (Å²) in [5.41, 5.74) is 4.77. The van der Waals surface area contributed by atoms with Gasteiger partial charge in [0.25, 0.3) is 5.91 Å². The van der Waals surface area contributed by atoms with Crippen LogP contribution in [0, 0.1) is 0 Å². The first-order valence-corrected chi connectivity index (χ1v) is 12.3. The molecule has 1 aliphatic heterocycles. The molecule has 38 heavy (non-hydrogen) atoms. The molecule has 0 spiro atoms. The van der Waals surface area contributed by atoms with Crippen molar-refractivity contribution in [3.63, 3.8) is 0 Å². The number of nitrogens with zero attached hydrogens (tertiary/aromatic N) is 2. The number of aromatic nitrogens is 2. The van der Waals surface area contributed by atoms with Crippen LogP contribution in [0.3, 0.4) is 0 Å². The molecule has 2 N–H and O–H groups in total. The molecule has 7 heteroatoms. The van der Waals surface area contributed by atoms with Crippen molar-refractivity contribution in [3.8, 4) is 17.2 Å². The molecule has 0 saturated heterocycles. The zero-order chi connectivity index (χ0) is 26.1. The predicted octanol–water partition coefficient (Wildman–Crippen LogP) is 6.76. The number of carbonyl (C=O) groups is 1. The molecule has 1 unspecified atom stereocenters. The van der Waals surface area contributed by atoms with Gasteiger partial charge in [-0.15, -0.1) is 0 Å². The van der Waals surface area contributed by atoms with Crippen molar-refractivity contribution in [2.75, 3.05) is 17.7 Å². The van der Waals surface area contributed by atoms with Gasteiger partial charge in [-0.05, 0) is 73.2 Å². The number of allylic oxidation sites excluding steroid dienone is 1. The maximum Gasteiger partial charge on any atom is 0.255 e. The molecule has 1 aliphatic rings. The molecular formula is C31H26N4O3. The lowest BCUT2D eigenvalue weighted by molar-refractivity contribution is -0.113. The smallest absolute Gasteiger partial charge is 0.255 e. The Morgan fingerprint density at radius 1 is 0.842 bits per heavy atom. The normalized spacial score (nSPS) is 14.5. The third-order valence-electron chi connectivity index (χ3n) is 6.60. The summed E-state index contributed by atoms with van der Waals surface area (Å²) in [6, 6.07) is 32.3. The van der Waals surface area contributed by atoms with Gasteiger partial charge in [0.15, 0.2) is 0 Å². The predicted molar refractivity (Wildman–Crippen MR) is 149 cm³/mol. The van der Waals surface area contributed by atoms with Crippen molar-refractivity contribution in [2.45, 2.75) is 13.0 Å². The van der Waals surface area contributed by atoms with E-state index in [0.29, 0.717) is 23.0 Å². The number of methoxy groups -OCH3 is 1. The summed E-state index contributed by atoms with van der Waals surface area (Å²) in [6.07, 6.45) is 0. The van der Waals surface area contributed by atoms with E-state index < -0.39 is 0 Å². The van der Waals surface area contributed by atoms with E-state index in [9.17, 15) is 4.79 Å². The summed E-state index contributed by atoms with van der Waals surface area (Å²) in [5, 5.41) is 6.43. The van der Waals surface area contributed by atoms with Gasteiger partial charge in [0.1, 0.15) is 17.2 Å². The van der Waals surface area contributed by atoms with Crippen LogP contribution in [0.25, 0.3) is 11.0 Å². The molecule has 0 fully saturated rings. The van der Waals surface area contributed by atoms with E-state index >= 15 is 0 Å². The number of carbonyl (C=O) groups excluding carboxylic acids is 1. The molecule has 4 aromatic carbocycles. The van der Waals surface area contributed by atoms with Crippen LogP contribution in [0.15, 0.2) is 114 Å². The molecule has 1 aromatic heterocycles. The zero-order valence-electron chi connectivity index (χ0n) is 21.0. The molecule has 188 valence electrons. The second-order valence-corrected chi connectivity index (χ2v) is 9.03. The number of hydrogen-bond acceptors (Lipinski definition) is 5. The van der Waals surface area contributed by atoms with E-state index in [2.05, 4.69) is 15.2 Å². The first-order valence-electron chi connectivity index (χ1n) is 12.3. The lowest BCUT2D eigenvalue weighted by Crippen LogP contribution is -2.30. The molecule has 5 aromatic rings. The van der Waals surface area contributed by atoms with Crippen molar-refractivity contribution >= 4 is 28.6 Å². The molecule has 0 aliphatic carbocycles. The number of nitrogens with one attached hydrogen (secondary N) is 2. The van der Waals surface area contributed by atoms with Gasteiger partial charge in [-0.25, -0.2) is 4.98 Å². The SMILES string of the molecule is COc1ccc(C2C(C(=O)Nc3ccc(Oc4ccccc4)cc3)=C(C)Nc3nc4ccccc4n32)cc1. The Kier molecular flexibility index (Phi) is 6.01. The lowest BCUT2D eigenvalue weighted by atomic mass is 9.94. The minimum absolute atomic E-state index is 0.198. The first kappa shape index (κ1) is 23.4. The van der Waals surface area contributed by atoms with E-state index in [0.717, 1.165) is 33.8 Å². The molecule has 7 nitrogen and oxygen atoms in total. The Balaban J connectivity index is 1.34. The van der Waals surface area contributed by atoms with Gasteiger partial charge in [0, 0.05) is 11.4 Å². The quantitative estimate of drug-likeness (QED) is 0.268. The van der Waals surface area contributed by atoms with Crippen LogP contribution in [0.1, 0.15) is 18.5 Å². The summed E-state index contributed by atoms with van der Waals surface area (Å²) in [6.45, 7) is 1.91. The third-order valence-corrected chi connectivity index (χ3v) is 6.60. The number of ether oxygens (including phenoxy) is 2. The number of imidazole rings is 1. The molecule has 0 bridgehead atoms. The second-order valence-electron chi connectivity index (χ2n) is 9.03. The van der Waals surface area contributed by atoms with Crippen LogP contribution in [-0.4, -0.2) is 22.6 Å². The van der Waals surface area contributed by atoms with Crippen molar-refractivity contribution in [3.05, 3.63) is 120 Å². The summed E-state index contributed by atoms with van der Waals surface area (Å²) in [5.74, 6) is 2.70. The summed E-state index contributed by atoms with van der Waals surface area (Å²) < 4.78 is 13.3. The Hall–Kier alpha value is -5.04. The zero-order valence-corrected chi connectivity index (χ0v) is 21.0. The average molecular weight is 503 g/mol. The lowest BCUT2D eigenvalue weighted by Gasteiger charge is -2.30. The summed E-state index contributed by atoms with van der Waals surface area (Å²) >= 11 is 0. The molecule has 0 radical (unpaired) electrons. The van der Waals surface area contributed by atoms with Gasteiger partial charge in [-0.1, -0.05) is 42.5 Å². The van der Waals surface area contributed by atoms with E-state index in [4.69, 9.17) is 14.5 Å². The number of fused-ring (bicyclic) bond motifs is 3. The number of para-hydroxylation sites is 3. The van der Waals surface area contributed by atoms with Gasteiger partial charge in [-0.3, -0.25) is 9.36 Å². The number of amides is 1. The highest BCUT2D eigenvalue weighted by Crippen LogP contribution is 2.40. The van der Waals surface area contributed by atoms with Gasteiger partial charge in [-0.2, -0.15) is 0 Å². The molecule has 1 atom stereocenters. The largest absolute Gasteiger partial charge is 0.497 e. The van der Waals surface area contributed by atoms with Crippen LogP contribution < -0.4 is 20.1 Å². The van der Waals surface area contributed by atoms with E-state index in [-0.39, 0.29) is 11.9 Å². The Morgan fingerprint density at radius 2 is 1.50 bits per heavy atom. The van der Waals surface area contributed by atoms with Crippen molar-refractivity contribution in [1.29, 1.82) is 0 Å². The van der Waals surface area contributed by atoms with Crippen molar-refractivity contribution in [1.82, 2.24) is 9.55 Å². The average Bonchev–Trinajstić information content (AvgIpc) is 3.32. The highest BCUT2D eigenvalue weighted by Gasteiger charge is 2.34. The molecular weight excluding hydrogens is 476 g/mol. The second kappa shape index (κ2) is 9.78. The molecule has 1 amide bonds. The van der Waals surface area contributed by atoms with Gasteiger partial charge >= 0.3 is 0 Å².